The standard InChI is InChI=1S/C23H31FN4O3.C2HF3O2/c1-27(23(30)26-13-20-7-8-21(31-2)14-25-20)15-17-9-11-28(12-10-17)16-22(29)18-3-5-19(24)6-4-18;3-2(4,5)1(6)7/h3-8,14,17,22,29H,9-13,15-16H2,1-2H3,(H,26,30);(H,6,7). The third-order valence-electron chi connectivity index (χ3n) is 5.97. The number of likely N-dealkylation sites (tertiary alicyclic amines) is 1. The summed E-state index contributed by atoms with van der Waals surface area (Å²) in [6.07, 6.45) is -2.15. The summed E-state index contributed by atoms with van der Waals surface area (Å²) in [6.45, 7) is 3.33. The maximum absolute atomic E-state index is 13.0. The van der Waals surface area contributed by atoms with Crippen LogP contribution in [0.2, 0.25) is 0 Å². The molecule has 3 rings (SSSR count). The number of methoxy groups -OCH3 is 1. The van der Waals surface area contributed by atoms with E-state index in [4.69, 9.17) is 14.6 Å². The number of benzene rings is 1. The second-order valence-corrected chi connectivity index (χ2v) is 8.84. The molecule has 0 aliphatic carbocycles. The number of amides is 2. The van der Waals surface area contributed by atoms with Crippen LogP contribution >= 0.6 is 0 Å². The maximum atomic E-state index is 13.0. The lowest BCUT2D eigenvalue weighted by atomic mass is 9.95. The number of ether oxygens (including phenoxy) is 1. The smallest absolute Gasteiger partial charge is 0.490 e. The first-order valence-corrected chi connectivity index (χ1v) is 11.8. The van der Waals surface area contributed by atoms with Crippen molar-refractivity contribution in [1.82, 2.24) is 20.1 Å². The number of carbonyl (C=O) groups is 2. The van der Waals surface area contributed by atoms with Crippen LogP contribution in [0.5, 0.6) is 5.75 Å². The topological polar surface area (TPSA) is 115 Å². The van der Waals surface area contributed by atoms with Crippen molar-refractivity contribution < 1.29 is 42.1 Å². The highest BCUT2D eigenvalue weighted by molar-refractivity contribution is 5.73. The van der Waals surface area contributed by atoms with Gasteiger partial charge in [-0.2, -0.15) is 13.2 Å². The van der Waals surface area contributed by atoms with E-state index >= 15 is 0 Å². The SMILES string of the molecule is COc1ccc(CNC(=O)N(C)CC2CCN(CC(O)c3ccc(F)cc3)CC2)nc1.O=C(O)C(F)(F)F. The summed E-state index contributed by atoms with van der Waals surface area (Å²) < 4.78 is 49.9. The number of carboxylic acids is 1. The zero-order chi connectivity index (χ0) is 28.3. The average molecular weight is 545 g/mol. The minimum absolute atomic E-state index is 0.119. The van der Waals surface area contributed by atoms with Gasteiger partial charge in [0.15, 0.2) is 0 Å². The first kappa shape index (κ1) is 30.8. The van der Waals surface area contributed by atoms with Crippen LogP contribution in [0, 0.1) is 11.7 Å². The van der Waals surface area contributed by atoms with Gasteiger partial charge in [0.25, 0.3) is 0 Å². The first-order valence-electron chi connectivity index (χ1n) is 11.8. The van der Waals surface area contributed by atoms with Crippen molar-refractivity contribution >= 4 is 12.0 Å². The lowest BCUT2D eigenvalue weighted by Crippen LogP contribution is -2.43. The number of piperidine rings is 1. The van der Waals surface area contributed by atoms with Gasteiger partial charge in [-0.05, 0) is 61.7 Å². The Balaban J connectivity index is 0.000000638. The van der Waals surface area contributed by atoms with Crippen LogP contribution in [0.4, 0.5) is 22.4 Å². The summed E-state index contributed by atoms with van der Waals surface area (Å²) >= 11 is 0. The number of carbonyl (C=O) groups excluding carboxylic acids is 1. The summed E-state index contributed by atoms with van der Waals surface area (Å²) in [6, 6.07) is 9.52. The number of aromatic nitrogens is 1. The molecule has 1 unspecified atom stereocenters. The van der Waals surface area contributed by atoms with E-state index in [0.29, 0.717) is 31.3 Å². The number of aliphatic carboxylic acids is 1. The van der Waals surface area contributed by atoms with Gasteiger partial charge in [0.05, 0.1) is 31.6 Å². The van der Waals surface area contributed by atoms with Crippen molar-refractivity contribution in [3.63, 3.8) is 0 Å². The van der Waals surface area contributed by atoms with Crippen LogP contribution in [0.15, 0.2) is 42.6 Å². The number of urea groups is 1. The van der Waals surface area contributed by atoms with Crippen molar-refractivity contribution in [2.75, 3.05) is 40.3 Å². The van der Waals surface area contributed by atoms with Gasteiger partial charge in [0, 0.05) is 20.1 Å². The number of halogens is 4. The Kier molecular flexibility index (Phi) is 11.7. The molecular weight excluding hydrogens is 512 g/mol. The third-order valence-corrected chi connectivity index (χ3v) is 5.97. The van der Waals surface area contributed by atoms with Gasteiger partial charge in [0.2, 0.25) is 0 Å². The van der Waals surface area contributed by atoms with Crippen molar-refractivity contribution in [3.05, 3.63) is 59.7 Å². The third kappa shape index (κ3) is 10.5. The van der Waals surface area contributed by atoms with E-state index in [1.165, 1.54) is 12.1 Å². The molecule has 1 atom stereocenters. The van der Waals surface area contributed by atoms with Crippen LogP contribution in [0.3, 0.4) is 0 Å². The number of alkyl halides is 3. The molecule has 13 heteroatoms. The predicted molar refractivity (Wildman–Crippen MR) is 130 cm³/mol. The number of aliphatic hydroxyl groups excluding tert-OH is 1. The second-order valence-electron chi connectivity index (χ2n) is 8.84. The van der Waals surface area contributed by atoms with Crippen LogP contribution in [-0.2, 0) is 11.3 Å². The molecule has 2 heterocycles. The Bertz CT molecular complexity index is 1010. The molecule has 1 aromatic heterocycles. The Morgan fingerprint density at radius 3 is 2.29 bits per heavy atom. The van der Waals surface area contributed by atoms with Gasteiger partial charge in [-0.25, -0.2) is 14.0 Å². The fourth-order valence-corrected chi connectivity index (χ4v) is 3.79. The lowest BCUT2D eigenvalue weighted by molar-refractivity contribution is -0.192. The lowest BCUT2D eigenvalue weighted by Gasteiger charge is -2.34. The molecule has 2 aromatic rings. The van der Waals surface area contributed by atoms with Gasteiger partial charge in [-0.3, -0.25) is 4.98 Å². The van der Waals surface area contributed by atoms with Crippen molar-refractivity contribution in [1.29, 1.82) is 0 Å². The van der Waals surface area contributed by atoms with Gasteiger partial charge < -0.3 is 30.1 Å². The highest BCUT2D eigenvalue weighted by Gasteiger charge is 2.38. The molecule has 1 fully saturated rings. The molecule has 210 valence electrons. The number of carboxylic acid groups (broad SMARTS) is 1. The van der Waals surface area contributed by atoms with Crippen LogP contribution in [-0.4, -0.2) is 83.5 Å². The summed E-state index contributed by atoms with van der Waals surface area (Å²) in [7, 11) is 3.40. The Labute approximate surface area is 218 Å². The number of nitrogens with one attached hydrogen (secondary N) is 1. The molecule has 1 aliphatic heterocycles. The van der Waals surface area contributed by atoms with Crippen LogP contribution in [0.1, 0.15) is 30.2 Å². The molecule has 1 saturated heterocycles. The summed E-state index contributed by atoms with van der Waals surface area (Å²) in [5.41, 5.74) is 1.50. The monoisotopic (exact) mass is 544 g/mol. The van der Waals surface area contributed by atoms with Gasteiger partial charge >= 0.3 is 18.2 Å². The van der Waals surface area contributed by atoms with Gasteiger partial charge in [-0.1, -0.05) is 12.1 Å². The Hall–Kier alpha value is -3.45. The van der Waals surface area contributed by atoms with E-state index in [2.05, 4.69) is 15.2 Å². The quantitative estimate of drug-likeness (QED) is 0.436. The second kappa shape index (κ2) is 14.5. The Morgan fingerprint density at radius 2 is 1.79 bits per heavy atom. The highest BCUT2D eigenvalue weighted by atomic mass is 19.4. The number of hydrogen-bond donors (Lipinski definition) is 3. The van der Waals surface area contributed by atoms with Crippen LogP contribution < -0.4 is 10.1 Å². The summed E-state index contributed by atoms with van der Waals surface area (Å²) in [5, 5.41) is 20.4. The molecule has 3 N–H and O–H groups in total. The molecule has 1 aliphatic rings. The number of hydrogen-bond acceptors (Lipinski definition) is 6. The van der Waals surface area contributed by atoms with E-state index in [1.54, 1.807) is 37.4 Å². The van der Waals surface area contributed by atoms with Crippen LogP contribution in [0.25, 0.3) is 0 Å². The fourth-order valence-electron chi connectivity index (χ4n) is 3.79. The van der Waals surface area contributed by atoms with Gasteiger partial charge in [0.1, 0.15) is 11.6 Å². The number of rotatable bonds is 8. The molecular formula is C25H32F4N4O5. The average Bonchev–Trinajstić information content (AvgIpc) is 2.88. The molecule has 0 saturated carbocycles. The van der Waals surface area contributed by atoms with Crippen molar-refractivity contribution in [3.8, 4) is 5.75 Å². The van der Waals surface area contributed by atoms with E-state index in [0.717, 1.165) is 37.2 Å². The molecule has 2 amide bonds. The zero-order valence-corrected chi connectivity index (χ0v) is 21.1. The number of nitrogens with zero attached hydrogens (tertiary/aromatic N) is 3. The minimum Gasteiger partial charge on any atom is -0.495 e. The largest absolute Gasteiger partial charge is 0.495 e. The molecule has 0 radical (unpaired) electrons. The molecule has 38 heavy (non-hydrogen) atoms. The first-order chi connectivity index (χ1) is 17.9. The minimum atomic E-state index is -5.08. The van der Waals surface area contributed by atoms with Crippen molar-refractivity contribution in [2.45, 2.75) is 31.7 Å². The highest BCUT2D eigenvalue weighted by Crippen LogP contribution is 2.22. The maximum Gasteiger partial charge on any atom is 0.490 e. The molecule has 1 aromatic carbocycles. The summed E-state index contributed by atoms with van der Waals surface area (Å²) in [4.78, 5) is 29.5. The fraction of sp³-hybridized carbons (Fsp3) is 0.480. The number of β-amino-alcohol motifs (C(OH)–C–C–N with tert-alkyl or cyclic N) is 1. The predicted octanol–water partition coefficient (Wildman–Crippen LogP) is 3.45. The number of aliphatic hydroxyl groups is 1. The molecule has 0 bridgehead atoms. The van der Waals surface area contributed by atoms with E-state index in [1.807, 2.05) is 12.1 Å². The van der Waals surface area contributed by atoms with E-state index < -0.39 is 18.2 Å². The van der Waals surface area contributed by atoms with Crippen molar-refractivity contribution in [2.24, 2.45) is 5.92 Å². The van der Waals surface area contributed by atoms with E-state index in [-0.39, 0.29) is 11.8 Å². The molecule has 0 spiro atoms. The molecule has 9 nitrogen and oxygen atoms in total. The normalized spacial score (nSPS) is 15.1. The number of pyridine rings is 1. The Morgan fingerprint density at radius 1 is 1.18 bits per heavy atom. The zero-order valence-electron chi connectivity index (χ0n) is 21.1. The van der Waals surface area contributed by atoms with E-state index in [9.17, 15) is 27.5 Å². The summed E-state index contributed by atoms with van der Waals surface area (Å²) in [5.74, 6) is -1.95. The van der Waals surface area contributed by atoms with Gasteiger partial charge in [-0.15, -0.1) is 0 Å².